The molecule has 490 valence electrons. The Morgan fingerprint density at radius 2 is 0.788 bits per heavy atom. The minimum absolute atomic E-state index is 0.0129. The molecule has 0 unspecified atom stereocenters. The van der Waals surface area contributed by atoms with Crippen LogP contribution in [-0.2, 0) is 62.1 Å². The standard InChI is InChI=1S/C55H105N15O15/c1-39(69-80)54(3,4)65-35-41(36-66-55(5,6)40(2)70-81)67-47(73)22-16-23-48(74)68-44(53(79)64-26-14-10-18-43(59-8)52(57)78)19-11-13-24-60-45(71)20-15-21-46(72)62-27-29-82-31-34-85-38-50(76)63-28-30-83-32-33-84-37-49(75)61-25-12-9-17-42(58-7)51(56)77/h41-44,58-59,65-66,80-81H,9-38H2,1-8H3,(H2,56,77)(H2,57,78)(H,60,71)(H,61,75)(H,62,72)(H,63,76)(H,64,79)(H,67,73)(H,68,74)/b69-39-,70-40-/t42-,43-,44-/m0/s1. The van der Waals surface area contributed by atoms with Gasteiger partial charge in [-0.2, -0.15) is 0 Å². The molecule has 0 rings (SSSR count). The van der Waals surface area contributed by atoms with Crippen LogP contribution in [0.25, 0.3) is 0 Å². The summed E-state index contributed by atoms with van der Waals surface area (Å²) >= 11 is 0. The molecule has 0 radical (unpaired) electrons. The van der Waals surface area contributed by atoms with Crippen molar-refractivity contribution in [2.45, 2.75) is 173 Å². The van der Waals surface area contributed by atoms with Gasteiger partial charge < -0.3 is 99.3 Å². The molecule has 0 saturated heterocycles. The highest BCUT2D eigenvalue weighted by molar-refractivity contribution is 5.91. The molecule has 85 heavy (non-hydrogen) atoms. The molecule has 0 heterocycles. The summed E-state index contributed by atoms with van der Waals surface area (Å²) in [6.07, 6.45) is 5.68. The number of amides is 9. The van der Waals surface area contributed by atoms with E-state index in [-0.39, 0.29) is 153 Å². The smallest absolute Gasteiger partial charge is 0.246 e. The second-order valence-electron chi connectivity index (χ2n) is 21.5. The molecule has 0 spiro atoms. The Morgan fingerprint density at radius 1 is 0.435 bits per heavy atom. The van der Waals surface area contributed by atoms with Crippen LogP contribution < -0.4 is 70.0 Å². The molecule has 30 heteroatoms. The van der Waals surface area contributed by atoms with Crippen molar-refractivity contribution >= 4 is 64.6 Å². The highest BCUT2D eigenvalue weighted by Gasteiger charge is 2.28. The summed E-state index contributed by atoms with van der Waals surface area (Å²) in [7, 11) is 3.31. The number of nitrogens with zero attached hydrogens (tertiary/aromatic N) is 2. The van der Waals surface area contributed by atoms with Gasteiger partial charge in [0.2, 0.25) is 53.2 Å². The van der Waals surface area contributed by atoms with Crippen LogP contribution in [0.15, 0.2) is 10.3 Å². The summed E-state index contributed by atoms with van der Waals surface area (Å²) in [6.45, 7) is 13.8. The van der Waals surface area contributed by atoms with Crippen molar-refractivity contribution in [2.24, 2.45) is 21.8 Å². The fourth-order valence-corrected chi connectivity index (χ4v) is 7.73. The van der Waals surface area contributed by atoms with E-state index in [0.29, 0.717) is 82.4 Å². The second kappa shape index (κ2) is 48.0. The summed E-state index contributed by atoms with van der Waals surface area (Å²) in [6, 6.07) is -2.22. The SMILES string of the molecule is CN[C@@H](CCCCNC(=O)COCCOCCNC(=O)COCCOCCNC(=O)CCCC(=O)NCCCC[C@H](NC(=O)CCCC(=O)NC(CNC(C)(C)/C(C)=N\O)CNC(C)(C)/C(C)=N\O)C(=O)NCCCC[C@H](NC)C(N)=O)C(N)=O. The number of hydrogen-bond donors (Lipinski definition) is 15. The first kappa shape index (κ1) is 78.8. The van der Waals surface area contributed by atoms with Crippen molar-refractivity contribution in [1.29, 1.82) is 0 Å². The topological polar surface area (TPSA) is 440 Å². The second-order valence-corrected chi connectivity index (χ2v) is 21.5. The highest BCUT2D eigenvalue weighted by Crippen LogP contribution is 2.10. The lowest BCUT2D eigenvalue weighted by atomic mass is 9.98. The molecule has 0 aromatic rings. The molecule has 0 fully saturated rings. The predicted molar refractivity (Wildman–Crippen MR) is 319 cm³/mol. The van der Waals surface area contributed by atoms with E-state index in [1.54, 1.807) is 27.9 Å². The number of primary amides is 2. The van der Waals surface area contributed by atoms with Gasteiger partial charge in [0.15, 0.2) is 0 Å². The van der Waals surface area contributed by atoms with Crippen LogP contribution in [0.1, 0.15) is 138 Å². The van der Waals surface area contributed by atoms with Crippen LogP contribution in [0.3, 0.4) is 0 Å². The summed E-state index contributed by atoms with van der Waals surface area (Å²) in [4.78, 5) is 111. The third-order valence-electron chi connectivity index (χ3n) is 13.8. The summed E-state index contributed by atoms with van der Waals surface area (Å²) in [5.41, 5.74) is 10.2. The molecule has 17 N–H and O–H groups in total. The number of unbranched alkanes of at least 4 members (excludes halogenated alkanes) is 3. The minimum Gasteiger partial charge on any atom is -0.411 e. The third kappa shape index (κ3) is 41.5. The highest BCUT2D eigenvalue weighted by atomic mass is 16.5. The summed E-state index contributed by atoms with van der Waals surface area (Å²) in [5.74, 6) is -3.06. The number of nitrogens with two attached hydrogens (primary N) is 2. The number of carbonyl (C=O) groups is 9. The fraction of sp³-hybridized carbons (Fsp3) is 0.800. The predicted octanol–water partition coefficient (Wildman–Crippen LogP) is -1.96. The normalized spacial score (nSPS) is 13.1. The molecule has 0 bridgehead atoms. The lowest BCUT2D eigenvalue weighted by molar-refractivity contribution is -0.129. The first-order valence-corrected chi connectivity index (χ1v) is 29.5. The molecule has 0 aliphatic heterocycles. The first-order valence-electron chi connectivity index (χ1n) is 29.5. The molecule has 9 amide bonds. The van der Waals surface area contributed by atoms with Gasteiger partial charge in [-0.25, -0.2) is 0 Å². The zero-order valence-electron chi connectivity index (χ0n) is 51.8. The van der Waals surface area contributed by atoms with Crippen LogP contribution >= 0.6 is 0 Å². The number of ether oxygens (including phenoxy) is 4. The number of oxime groups is 2. The average Bonchev–Trinajstić information content (AvgIpc) is 3.67. The Labute approximate surface area is 501 Å². The molecule has 0 aliphatic rings. The largest absolute Gasteiger partial charge is 0.411 e. The van der Waals surface area contributed by atoms with Crippen LogP contribution in [0.2, 0.25) is 0 Å². The first-order chi connectivity index (χ1) is 40.4. The van der Waals surface area contributed by atoms with Crippen molar-refractivity contribution in [3.05, 3.63) is 0 Å². The number of nitrogens with one attached hydrogen (secondary N) is 11. The van der Waals surface area contributed by atoms with E-state index in [0.717, 1.165) is 6.42 Å². The van der Waals surface area contributed by atoms with E-state index < -0.39 is 52.8 Å². The lowest BCUT2D eigenvalue weighted by Gasteiger charge is -2.32. The molecular formula is C55H105N15O15. The summed E-state index contributed by atoms with van der Waals surface area (Å²) < 4.78 is 21.4. The van der Waals surface area contributed by atoms with E-state index in [9.17, 15) is 53.6 Å². The van der Waals surface area contributed by atoms with Gasteiger partial charge >= 0.3 is 0 Å². The van der Waals surface area contributed by atoms with E-state index in [1.165, 1.54) is 0 Å². The average molecular weight is 1220 g/mol. The zero-order valence-corrected chi connectivity index (χ0v) is 51.8. The van der Waals surface area contributed by atoms with Crippen LogP contribution in [0, 0.1) is 0 Å². The molecular weight excluding hydrogens is 1110 g/mol. The van der Waals surface area contributed by atoms with Crippen LogP contribution in [0.5, 0.6) is 0 Å². The Bertz CT molecular complexity index is 2000. The quantitative estimate of drug-likeness (QED) is 0.0136. The lowest BCUT2D eigenvalue weighted by Crippen LogP contribution is -2.57. The number of hydrogen-bond acceptors (Lipinski definition) is 21. The number of rotatable bonds is 54. The van der Waals surface area contributed by atoms with E-state index in [1.807, 2.05) is 27.7 Å². The van der Waals surface area contributed by atoms with Gasteiger partial charge in [-0.3, -0.25) is 43.2 Å². The zero-order chi connectivity index (χ0) is 63.9. The Hall–Kier alpha value is -6.15. The van der Waals surface area contributed by atoms with Gasteiger partial charge in [-0.15, -0.1) is 0 Å². The number of likely N-dealkylation sites (N-methyl/N-ethyl adjacent to an activating group) is 2. The monoisotopic (exact) mass is 1220 g/mol. The van der Waals surface area contributed by atoms with Crippen molar-refractivity contribution in [3.63, 3.8) is 0 Å². The van der Waals surface area contributed by atoms with Crippen molar-refractivity contribution in [3.8, 4) is 0 Å². The van der Waals surface area contributed by atoms with Crippen molar-refractivity contribution < 1.29 is 72.5 Å². The molecule has 30 nitrogen and oxygen atoms in total. The maximum absolute atomic E-state index is 13.4. The Morgan fingerprint density at radius 3 is 1.20 bits per heavy atom. The van der Waals surface area contributed by atoms with Gasteiger partial charge in [0.25, 0.3) is 0 Å². The van der Waals surface area contributed by atoms with Gasteiger partial charge in [0, 0.05) is 71.5 Å². The van der Waals surface area contributed by atoms with Crippen molar-refractivity contribution in [2.75, 3.05) is 113 Å². The Kier molecular flexibility index (Phi) is 44.5. The maximum Gasteiger partial charge on any atom is 0.246 e. The van der Waals surface area contributed by atoms with Gasteiger partial charge in [-0.05, 0) is 126 Å². The fourth-order valence-electron chi connectivity index (χ4n) is 7.73. The molecule has 0 aromatic carbocycles. The minimum atomic E-state index is -0.890. The van der Waals surface area contributed by atoms with Crippen LogP contribution in [-0.4, -0.2) is 223 Å². The van der Waals surface area contributed by atoms with E-state index in [4.69, 9.17) is 30.4 Å². The maximum atomic E-state index is 13.4. The van der Waals surface area contributed by atoms with E-state index >= 15 is 0 Å². The molecule has 3 atom stereocenters. The molecule has 0 aliphatic carbocycles. The van der Waals surface area contributed by atoms with Crippen LogP contribution in [0.4, 0.5) is 0 Å². The van der Waals surface area contributed by atoms with Gasteiger partial charge in [0.1, 0.15) is 19.3 Å². The molecule has 0 aromatic heterocycles. The van der Waals surface area contributed by atoms with Gasteiger partial charge in [0.05, 0.1) is 80.3 Å². The number of carbonyl (C=O) groups excluding carboxylic acids is 9. The third-order valence-corrected chi connectivity index (χ3v) is 13.8. The van der Waals surface area contributed by atoms with Gasteiger partial charge in [-0.1, -0.05) is 10.3 Å². The molecule has 0 saturated carbocycles. The van der Waals surface area contributed by atoms with E-state index in [2.05, 4.69) is 68.8 Å². The Balaban J connectivity index is 4.60. The van der Waals surface area contributed by atoms with Crippen molar-refractivity contribution in [1.82, 2.24) is 58.5 Å². The summed E-state index contributed by atoms with van der Waals surface area (Å²) in [5, 5.41) is 57.2.